The molecule has 0 atom stereocenters. The lowest BCUT2D eigenvalue weighted by molar-refractivity contribution is -0.0387. The summed E-state index contributed by atoms with van der Waals surface area (Å²) in [4.78, 5) is 11.8. The third-order valence-electron chi connectivity index (χ3n) is 5.60. The fourth-order valence-corrected chi connectivity index (χ4v) is 3.80. The predicted octanol–water partition coefficient (Wildman–Crippen LogP) is 6.10. The van der Waals surface area contributed by atoms with Crippen LogP contribution in [0.4, 0.5) is 13.2 Å². The van der Waals surface area contributed by atoms with Gasteiger partial charge in [0, 0.05) is 30.5 Å². The summed E-state index contributed by atoms with van der Waals surface area (Å²) in [6.45, 7) is 3.75. The first-order chi connectivity index (χ1) is 14.3. The Bertz CT molecular complexity index is 1040. The Morgan fingerprint density at radius 3 is 2.57 bits per heavy atom. The van der Waals surface area contributed by atoms with Gasteiger partial charge >= 0.3 is 0 Å². The molecule has 4 rings (SSSR count). The number of hydrogen-bond donors (Lipinski definition) is 1. The molecule has 0 bridgehead atoms. The van der Waals surface area contributed by atoms with Gasteiger partial charge in [-0.3, -0.25) is 4.98 Å². The van der Waals surface area contributed by atoms with Crippen molar-refractivity contribution < 1.29 is 17.9 Å². The van der Waals surface area contributed by atoms with Crippen LogP contribution in [-0.4, -0.2) is 20.9 Å². The first-order valence-electron chi connectivity index (χ1n) is 10.1. The zero-order chi connectivity index (χ0) is 21.3. The SMILES string of the molecule is Cc1cnc(COc2ccc(-c3cnc(C4CCC(F)(F)CC4)[nH]3)cc2C)c(F)c1. The average molecular weight is 415 g/mol. The second-order valence-corrected chi connectivity index (χ2v) is 8.02. The molecule has 0 amide bonds. The fraction of sp³-hybridized carbons (Fsp3) is 0.391. The molecule has 2 heterocycles. The van der Waals surface area contributed by atoms with E-state index in [2.05, 4.69) is 15.0 Å². The molecule has 1 fully saturated rings. The van der Waals surface area contributed by atoms with Crippen molar-refractivity contribution in [1.29, 1.82) is 0 Å². The molecular weight excluding hydrogens is 391 g/mol. The summed E-state index contributed by atoms with van der Waals surface area (Å²) >= 11 is 0. The fourth-order valence-electron chi connectivity index (χ4n) is 3.80. The van der Waals surface area contributed by atoms with Crippen LogP contribution in [0.1, 0.15) is 54.2 Å². The van der Waals surface area contributed by atoms with Gasteiger partial charge in [-0.25, -0.2) is 18.2 Å². The Balaban J connectivity index is 1.44. The highest BCUT2D eigenvalue weighted by Gasteiger charge is 2.36. The molecule has 0 unspecified atom stereocenters. The number of H-pyrrole nitrogens is 1. The van der Waals surface area contributed by atoms with Crippen LogP contribution >= 0.6 is 0 Å². The van der Waals surface area contributed by atoms with Gasteiger partial charge in [-0.1, -0.05) is 0 Å². The van der Waals surface area contributed by atoms with E-state index in [0.717, 1.165) is 28.2 Å². The topological polar surface area (TPSA) is 50.8 Å². The van der Waals surface area contributed by atoms with Gasteiger partial charge in [0.2, 0.25) is 5.92 Å². The molecule has 7 heteroatoms. The summed E-state index contributed by atoms with van der Waals surface area (Å²) in [7, 11) is 0. The van der Waals surface area contributed by atoms with Crippen molar-refractivity contribution in [3.05, 3.63) is 65.1 Å². The molecule has 3 aromatic rings. The number of halogens is 3. The summed E-state index contributed by atoms with van der Waals surface area (Å²) in [6.07, 6.45) is 4.05. The molecule has 1 saturated carbocycles. The zero-order valence-electron chi connectivity index (χ0n) is 17.0. The number of imidazole rings is 1. The molecule has 1 aromatic carbocycles. The van der Waals surface area contributed by atoms with E-state index in [0.29, 0.717) is 18.6 Å². The maximum atomic E-state index is 13.9. The second kappa shape index (κ2) is 8.13. The van der Waals surface area contributed by atoms with Gasteiger partial charge in [0.05, 0.1) is 11.9 Å². The van der Waals surface area contributed by atoms with Gasteiger partial charge in [0.15, 0.2) is 0 Å². The highest BCUT2D eigenvalue weighted by atomic mass is 19.3. The first-order valence-corrected chi connectivity index (χ1v) is 10.1. The maximum Gasteiger partial charge on any atom is 0.248 e. The number of ether oxygens (including phenoxy) is 1. The molecule has 0 spiro atoms. The Morgan fingerprint density at radius 1 is 1.10 bits per heavy atom. The largest absolute Gasteiger partial charge is 0.487 e. The van der Waals surface area contributed by atoms with Crippen LogP contribution in [0.3, 0.4) is 0 Å². The number of pyridine rings is 1. The van der Waals surface area contributed by atoms with Gasteiger partial charge in [-0.05, 0) is 62.1 Å². The second-order valence-electron chi connectivity index (χ2n) is 8.02. The number of nitrogens with one attached hydrogen (secondary N) is 1. The number of aryl methyl sites for hydroxylation is 2. The molecule has 0 aliphatic heterocycles. The Labute approximate surface area is 173 Å². The molecular formula is C23H24F3N3O. The van der Waals surface area contributed by atoms with Crippen molar-refractivity contribution in [2.24, 2.45) is 0 Å². The minimum Gasteiger partial charge on any atom is -0.487 e. The van der Waals surface area contributed by atoms with E-state index in [1.54, 1.807) is 19.3 Å². The van der Waals surface area contributed by atoms with Gasteiger partial charge in [-0.2, -0.15) is 0 Å². The molecule has 1 N–H and O–H groups in total. The minimum atomic E-state index is -2.55. The molecule has 0 saturated heterocycles. The average Bonchev–Trinajstić information content (AvgIpc) is 3.18. The number of hydrogen-bond acceptors (Lipinski definition) is 3. The standard InChI is InChI=1S/C23H24F3N3O/c1-14-9-18(24)20(27-11-14)13-30-21-4-3-17(10-15(21)2)19-12-28-22(29-19)16-5-7-23(25,26)8-6-16/h3-4,9-12,16H,5-8,13H2,1-2H3,(H,28,29). The normalized spacial score (nSPS) is 16.6. The van der Waals surface area contributed by atoms with E-state index in [4.69, 9.17) is 4.74 Å². The van der Waals surface area contributed by atoms with Crippen LogP contribution in [-0.2, 0) is 6.61 Å². The third-order valence-corrected chi connectivity index (χ3v) is 5.60. The van der Waals surface area contributed by atoms with Crippen molar-refractivity contribution in [2.75, 3.05) is 0 Å². The summed E-state index contributed by atoms with van der Waals surface area (Å²) in [6, 6.07) is 7.12. The molecule has 158 valence electrons. The number of aromatic nitrogens is 3. The number of alkyl halides is 2. The zero-order valence-corrected chi connectivity index (χ0v) is 17.0. The summed E-state index contributed by atoms with van der Waals surface area (Å²) in [5, 5.41) is 0. The van der Waals surface area contributed by atoms with Crippen molar-refractivity contribution in [3.63, 3.8) is 0 Å². The molecule has 1 aliphatic rings. The number of aromatic amines is 1. The Morgan fingerprint density at radius 2 is 1.87 bits per heavy atom. The Kier molecular flexibility index (Phi) is 5.54. The van der Waals surface area contributed by atoms with Gasteiger partial charge in [0.1, 0.15) is 29.7 Å². The van der Waals surface area contributed by atoms with Crippen molar-refractivity contribution >= 4 is 0 Å². The first kappa shape index (κ1) is 20.4. The summed E-state index contributed by atoms with van der Waals surface area (Å²) < 4.78 is 46.5. The van der Waals surface area contributed by atoms with Crippen LogP contribution in [0.2, 0.25) is 0 Å². The van der Waals surface area contributed by atoms with Crippen molar-refractivity contribution in [1.82, 2.24) is 15.0 Å². The smallest absolute Gasteiger partial charge is 0.248 e. The molecule has 30 heavy (non-hydrogen) atoms. The number of benzene rings is 1. The van der Waals surface area contributed by atoms with Crippen LogP contribution in [0.25, 0.3) is 11.3 Å². The van der Waals surface area contributed by atoms with E-state index in [9.17, 15) is 13.2 Å². The van der Waals surface area contributed by atoms with Gasteiger partial charge in [-0.15, -0.1) is 0 Å². The minimum absolute atomic E-state index is 0.0407. The summed E-state index contributed by atoms with van der Waals surface area (Å²) in [5.74, 6) is -1.47. The number of rotatable bonds is 5. The highest BCUT2D eigenvalue weighted by Crippen LogP contribution is 2.40. The third kappa shape index (κ3) is 4.50. The molecule has 1 aliphatic carbocycles. The van der Waals surface area contributed by atoms with E-state index in [1.165, 1.54) is 6.07 Å². The number of nitrogens with zero attached hydrogens (tertiary/aromatic N) is 2. The van der Waals surface area contributed by atoms with Gasteiger partial charge in [0.25, 0.3) is 0 Å². The van der Waals surface area contributed by atoms with E-state index < -0.39 is 5.92 Å². The molecule has 0 radical (unpaired) electrons. The quantitative estimate of drug-likeness (QED) is 0.548. The Hall–Kier alpha value is -2.83. The maximum absolute atomic E-state index is 13.9. The van der Waals surface area contributed by atoms with Crippen LogP contribution in [0.5, 0.6) is 5.75 Å². The molecule has 2 aromatic heterocycles. The lowest BCUT2D eigenvalue weighted by Gasteiger charge is -2.26. The van der Waals surface area contributed by atoms with Crippen LogP contribution < -0.4 is 4.74 Å². The summed E-state index contributed by atoms with van der Waals surface area (Å²) in [5.41, 5.74) is 3.69. The van der Waals surface area contributed by atoms with Crippen molar-refractivity contribution in [2.45, 2.75) is 58.0 Å². The van der Waals surface area contributed by atoms with E-state index >= 15 is 0 Å². The van der Waals surface area contributed by atoms with Crippen LogP contribution in [0, 0.1) is 19.7 Å². The van der Waals surface area contributed by atoms with E-state index in [-0.39, 0.29) is 36.9 Å². The highest BCUT2D eigenvalue weighted by molar-refractivity contribution is 5.61. The lowest BCUT2D eigenvalue weighted by Crippen LogP contribution is -2.24. The van der Waals surface area contributed by atoms with Gasteiger partial charge < -0.3 is 9.72 Å². The monoisotopic (exact) mass is 415 g/mol. The lowest BCUT2D eigenvalue weighted by atomic mass is 9.86. The molecule has 4 nitrogen and oxygen atoms in total. The van der Waals surface area contributed by atoms with Crippen molar-refractivity contribution in [3.8, 4) is 17.0 Å². The predicted molar refractivity (Wildman–Crippen MR) is 108 cm³/mol. The van der Waals surface area contributed by atoms with Crippen LogP contribution in [0.15, 0.2) is 36.7 Å². The van der Waals surface area contributed by atoms with E-state index in [1.807, 2.05) is 25.1 Å².